The van der Waals surface area contributed by atoms with Crippen LogP contribution in [0.2, 0.25) is 5.02 Å². The van der Waals surface area contributed by atoms with Gasteiger partial charge in [0.25, 0.3) is 0 Å². The van der Waals surface area contributed by atoms with Gasteiger partial charge in [-0.1, -0.05) is 48.0 Å². The van der Waals surface area contributed by atoms with Gasteiger partial charge in [0.15, 0.2) is 0 Å². The quantitative estimate of drug-likeness (QED) is 0.720. The Morgan fingerprint density at radius 1 is 0.808 bits per heavy atom. The largest absolute Gasteiger partial charge is 0.394 e. The molecule has 2 aromatic carbocycles. The molecule has 1 aliphatic heterocycles. The molecule has 1 heterocycles. The van der Waals surface area contributed by atoms with E-state index >= 15 is 0 Å². The second-order valence-corrected chi connectivity index (χ2v) is 7.09. The second kappa shape index (κ2) is 10.0. The highest BCUT2D eigenvalue weighted by Crippen LogP contribution is 2.22. The number of ether oxygens (including phenoxy) is 1. The normalized spacial score (nSPS) is 16.1. The zero-order valence-corrected chi connectivity index (χ0v) is 15.9. The summed E-state index contributed by atoms with van der Waals surface area (Å²) >= 11 is 5.96. The number of benzene rings is 2. The maximum Gasteiger partial charge on any atom is 0.0698 e. The van der Waals surface area contributed by atoms with Crippen molar-refractivity contribution in [2.75, 3.05) is 52.5 Å². The van der Waals surface area contributed by atoms with Crippen LogP contribution < -0.4 is 0 Å². The van der Waals surface area contributed by atoms with Crippen LogP contribution in [-0.2, 0) is 11.3 Å². The van der Waals surface area contributed by atoms with Crippen LogP contribution >= 0.6 is 11.6 Å². The van der Waals surface area contributed by atoms with Crippen molar-refractivity contribution in [3.8, 4) is 11.1 Å². The molecule has 0 aromatic heterocycles. The van der Waals surface area contributed by atoms with Gasteiger partial charge < -0.3 is 9.84 Å². The SMILES string of the molecule is OCCOCCN1CCN(Cc2ccc(-c3ccc(Cl)cc3)cc2)CC1. The molecule has 1 N–H and O–H groups in total. The fraction of sp³-hybridized carbons (Fsp3) is 0.429. The zero-order valence-electron chi connectivity index (χ0n) is 15.1. The Bertz CT molecular complexity index is 653. The zero-order chi connectivity index (χ0) is 18.2. The van der Waals surface area contributed by atoms with Crippen LogP contribution in [0.5, 0.6) is 0 Å². The van der Waals surface area contributed by atoms with E-state index in [-0.39, 0.29) is 6.61 Å². The number of aliphatic hydroxyl groups excluding tert-OH is 1. The summed E-state index contributed by atoms with van der Waals surface area (Å²) in [6.07, 6.45) is 0. The molecule has 140 valence electrons. The van der Waals surface area contributed by atoms with Crippen molar-refractivity contribution in [2.45, 2.75) is 6.54 Å². The average Bonchev–Trinajstić information content (AvgIpc) is 2.68. The maximum absolute atomic E-state index is 8.72. The summed E-state index contributed by atoms with van der Waals surface area (Å²) in [5.74, 6) is 0. The van der Waals surface area contributed by atoms with E-state index in [0.29, 0.717) is 13.2 Å². The molecule has 0 bridgehead atoms. The number of nitrogens with zero attached hydrogens (tertiary/aromatic N) is 2. The molecule has 0 atom stereocenters. The van der Waals surface area contributed by atoms with E-state index < -0.39 is 0 Å². The maximum atomic E-state index is 8.72. The predicted molar refractivity (Wildman–Crippen MR) is 107 cm³/mol. The monoisotopic (exact) mass is 374 g/mol. The van der Waals surface area contributed by atoms with E-state index in [4.69, 9.17) is 21.4 Å². The Balaban J connectivity index is 1.44. The topological polar surface area (TPSA) is 35.9 Å². The lowest BCUT2D eigenvalue weighted by molar-refractivity contribution is 0.0564. The second-order valence-electron chi connectivity index (χ2n) is 6.66. The molecule has 1 aliphatic rings. The van der Waals surface area contributed by atoms with Crippen LogP contribution in [0.4, 0.5) is 0 Å². The van der Waals surface area contributed by atoms with Gasteiger partial charge in [-0.2, -0.15) is 0 Å². The van der Waals surface area contributed by atoms with Gasteiger partial charge in [0, 0.05) is 44.3 Å². The lowest BCUT2D eigenvalue weighted by Crippen LogP contribution is -2.46. The lowest BCUT2D eigenvalue weighted by atomic mass is 10.0. The molecule has 2 aromatic rings. The van der Waals surface area contributed by atoms with Gasteiger partial charge in [-0.3, -0.25) is 9.80 Å². The molecule has 5 heteroatoms. The third-order valence-corrected chi connectivity index (χ3v) is 5.04. The molecule has 0 saturated carbocycles. The van der Waals surface area contributed by atoms with Gasteiger partial charge in [0.05, 0.1) is 19.8 Å². The fourth-order valence-corrected chi connectivity index (χ4v) is 3.36. The highest BCUT2D eigenvalue weighted by Gasteiger charge is 2.16. The van der Waals surface area contributed by atoms with Crippen molar-refractivity contribution >= 4 is 11.6 Å². The molecule has 26 heavy (non-hydrogen) atoms. The molecule has 0 aliphatic carbocycles. The summed E-state index contributed by atoms with van der Waals surface area (Å²) in [6, 6.07) is 16.8. The summed E-state index contributed by atoms with van der Waals surface area (Å²) in [5.41, 5.74) is 3.76. The molecule has 3 rings (SSSR count). The molecule has 0 spiro atoms. The van der Waals surface area contributed by atoms with Crippen LogP contribution in [0.1, 0.15) is 5.56 Å². The van der Waals surface area contributed by atoms with Crippen molar-refractivity contribution in [1.29, 1.82) is 0 Å². The molecule has 0 radical (unpaired) electrons. The van der Waals surface area contributed by atoms with Crippen molar-refractivity contribution in [3.05, 3.63) is 59.1 Å². The van der Waals surface area contributed by atoms with Gasteiger partial charge in [-0.25, -0.2) is 0 Å². The van der Waals surface area contributed by atoms with Crippen LogP contribution in [0.3, 0.4) is 0 Å². The van der Waals surface area contributed by atoms with E-state index in [1.165, 1.54) is 16.7 Å². The minimum atomic E-state index is 0.102. The third-order valence-electron chi connectivity index (χ3n) is 4.79. The summed E-state index contributed by atoms with van der Waals surface area (Å²) in [7, 11) is 0. The number of rotatable bonds is 8. The number of aliphatic hydroxyl groups is 1. The van der Waals surface area contributed by atoms with Crippen LogP contribution in [0.25, 0.3) is 11.1 Å². The average molecular weight is 375 g/mol. The van der Waals surface area contributed by atoms with Crippen LogP contribution in [-0.4, -0.2) is 67.5 Å². The van der Waals surface area contributed by atoms with E-state index in [1.807, 2.05) is 12.1 Å². The number of hydrogen-bond donors (Lipinski definition) is 1. The number of halogens is 1. The van der Waals surface area contributed by atoms with Crippen LogP contribution in [0.15, 0.2) is 48.5 Å². The Kier molecular flexibility index (Phi) is 7.47. The highest BCUT2D eigenvalue weighted by molar-refractivity contribution is 6.30. The Hall–Kier alpha value is -1.43. The molecule has 0 amide bonds. The number of piperazine rings is 1. The van der Waals surface area contributed by atoms with Crippen LogP contribution in [0, 0.1) is 0 Å². The van der Waals surface area contributed by atoms with Crippen molar-refractivity contribution in [1.82, 2.24) is 9.80 Å². The van der Waals surface area contributed by atoms with Gasteiger partial charge in [0.2, 0.25) is 0 Å². The minimum absolute atomic E-state index is 0.102. The summed E-state index contributed by atoms with van der Waals surface area (Å²) in [6.45, 7) is 7.50. The third kappa shape index (κ3) is 5.79. The van der Waals surface area contributed by atoms with Gasteiger partial charge >= 0.3 is 0 Å². The molecular formula is C21H27ClN2O2. The standard InChI is InChI=1S/C21H27ClN2O2/c22-21-7-5-20(6-8-21)19-3-1-18(2-4-19)17-24-11-9-23(10-12-24)13-15-26-16-14-25/h1-8,25H,9-17H2. The summed E-state index contributed by atoms with van der Waals surface area (Å²) in [5, 5.41) is 9.49. The first-order valence-electron chi connectivity index (χ1n) is 9.23. The lowest BCUT2D eigenvalue weighted by Gasteiger charge is -2.34. The van der Waals surface area contributed by atoms with Gasteiger partial charge in [-0.15, -0.1) is 0 Å². The minimum Gasteiger partial charge on any atom is -0.394 e. The molecule has 1 fully saturated rings. The first-order chi connectivity index (χ1) is 12.7. The van der Waals surface area contributed by atoms with Crippen molar-refractivity contribution in [2.24, 2.45) is 0 Å². The molecule has 1 saturated heterocycles. The first-order valence-corrected chi connectivity index (χ1v) is 9.60. The molecule has 4 nitrogen and oxygen atoms in total. The number of hydrogen-bond acceptors (Lipinski definition) is 4. The highest BCUT2D eigenvalue weighted by atomic mass is 35.5. The Labute approximate surface area is 160 Å². The summed E-state index contributed by atoms with van der Waals surface area (Å²) < 4.78 is 5.35. The van der Waals surface area contributed by atoms with Gasteiger partial charge in [-0.05, 0) is 28.8 Å². The van der Waals surface area contributed by atoms with E-state index in [2.05, 4.69) is 46.2 Å². The van der Waals surface area contributed by atoms with E-state index in [1.54, 1.807) is 0 Å². The van der Waals surface area contributed by atoms with E-state index in [0.717, 1.165) is 44.3 Å². The molecule has 0 unspecified atom stereocenters. The Morgan fingerprint density at radius 2 is 1.38 bits per heavy atom. The first kappa shape index (κ1) is 19.3. The Morgan fingerprint density at radius 3 is 2.00 bits per heavy atom. The smallest absolute Gasteiger partial charge is 0.0698 e. The van der Waals surface area contributed by atoms with Crippen molar-refractivity contribution in [3.63, 3.8) is 0 Å². The van der Waals surface area contributed by atoms with E-state index in [9.17, 15) is 0 Å². The van der Waals surface area contributed by atoms with Crippen molar-refractivity contribution < 1.29 is 9.84 Å². The van der Waals surface area contributed by atoms with Gasteiger partial charge in [0.1, 0.15) is 0 Å². The predicted octanol–water partition coefficient (Wildman–Crippen LogP) is 3.13. The molecular weight excluding hydrogens is 348 g/mol. The fourth-order valence-electron chi connectivity index (χ4n) is 3.23. The summed E-state index contributed by atoms with van der Waals surface area (Å²) in [4.78, 5) is 4.93.